The Kier molecular flexibility index (Phi) is 4.87. The van der Waals surface area contributed by atoms with E-state index in [1.807, 2.05) is 0 Å². The Hall–Kier alpha value is -1.16. The van der Waals surface area contributed by atoms with Crippen LogP contribution in [0.4, 0.5) is 10.1 Å². The molecule has 0 bridgehead atoms. The zero-order chi connectivity index (χ0) is 15.6. The molecule has 9 heteroatoms. The number of hydrogen-bond acceptors (Lipinski definition) is 5. The summed E-state index contributed by atoms with van der Waals surface area (Å²) in [6, 6.07) is 4.86. The van der Waals surface area contributed by atoms with Crippen molar-refractivity contribution in [1.29, 1.82) is 0 Å². The Labute approximate surface area is 133 Å². The fourth-order valence-corrected chi connectivity index (χ4v) is 5.22. The van der Waals surface area contributed by atoms with Gasteiger partial charge in [0, 0.05) is 10.9 Å². The van der Waals surface area contributed by atoms with Gasteiger partial charge in [-0.05, 0) is 34.1 Å². The van der Waals surface area contributed by atoms with Crippen LogP contribution in [0, 0.1) is 5.82 Å². The second kappa shape index (κ2) is 6.30. The first kappa shape index (κ1) is 16.2. The molecule has 1 aromatic heterocycles. The van der Waals surface area contributed by atoms with Crippen molar-refractivity contribution in [2.45, 2.75) is 11.5 Å². The standard InChI is InChI=1S/C12H11BrFNO4S2/c1-19-10-4-7(14)2-3-9(10)15-21(17,18)11-5-8(6-16)20-12(11)13/h2-5,15-16H,6H2,1H3. The summed E-state index contributed by atoms with van der Waals surface area (Å²) < 4.78 is 45.4. The van der Waals surface area contributed by atoms with Crippen LogP contribution in [0.1, 0.15) is 4.88 Å². The highest BCUT2D eigenvalue weighted by molar-refractivity contribution is 9.11. The Balaban J connectivity index is 2.39. The van der Waals surface area contributed by atoms with Crippen LogP contribution in [-0.4, -0.2) is 20.6 Å². The Bertz CT molecular complexity index is 761. The molecule has 0 spiro atoms. The van der Waals surface area contributed by atoms with Crippen molar-refractivity contribution in [2.24, 2.45) is 0 Å². The Morgan fingerprint density at radius 2 is 2.14 bits per heavy atom. The fraction of sp³-hybridized carbons (Fsp3) is 0.167. The van der Waals surface area contributed by atoms with Crippen LogP contribution in [-0.2, 0) is 16.6 Å². The summed E-state index contributed by atoms with van der Waals surface area (Å²) in [5.41, 5.74) is 0.127. The average molecular weight is 396 g/mol. The van der Waals surface area contributed by atoms with Crippen molar-refractivity contribution in [2.75, 3.05) is 11.8 Å². The summed E-state index contributed by atoms with van der Waals surface area (Å²) in [6.45, 7) is -0.251. The molecule has 21 heavy (non-hydrogen) atoms. The highest BCUT2D eigenvalue weighted by Gasteiger charge is 2.22. The number of aliphatic hydroxyl groups excluding tert-OH is 1. The maximum atomic E-state index is 13.1. The van der Waals surface area contributed by atoms with Gasteiger partial charge in [-0.3, -0.25) is 4.72 Å². The van der Waals surface area contributed by atoms with E-state index < -0.39 is 15.8 Å². The van der Waals surface area contributed by atoms with Gasteiger partial charge < -0.3 is 9.84 Å². The van der Waals surface area contributed by atoms with E-state index in [1.165, 1.54) is 19.2 Å². The summed E-state index contributed by atoms with van der Waals surface area (Å²) in [5.74, 6) is -0.457. The van der Waals surface area contributed by atoms with Gasteiger partial charge in [-0.25, -0.2) is 12.8 Å². The topological polar surface area (TPSA) is 75.6 Å². The summed E-state index contributed by atoms with van der Waals surface area (Å²) in [4.78, 5) is 0.510. The quantitative estimate of drug-likeness (QED) is 0.815. The van der Waals surface area contributed by atoms with Crippen LogP contribution in [0.15, 0.2) is 32.9 Å². The lowest BCUT2D eigenvalue weighted by Crippen LogP contribution is -2.13. The van der Waals surface area contributed by atoms with Gasteiger partial charge in [-0.2, -0.15) is 0 Å². The van der Waals surface area contributed by atoms with Gasteiger partial charge in [0.05, 0.1) is 23.2 Å². The van der Waals surface area contributed by atoms with Crippen LogP contribution >= 0.6 is 27.3 Å². The van der Waals surface area contributed by atoms with Gasteiger partial charge in [0.15, 0.2) is 0 Å². The highest BCUT2D eigenvalue weighted by atomic mass is 79.9. The van der Waals surface area contributed by atoms with Gasteiger partial charge >= 0.3 is 0 Å². The SMILES string of the molecule is COc1cc(F)ccc1NS(=O)(=O)c1cc(CO)sc1Br. The molecule has 114 valence electrons. The molecule has 0 aliphatic heterocycles. The van der Waals surface area contributed by atoms with Crippen LogP contribution in [0.5, 0.6) is 5.75 Å². The third-order valence-corrected chi connectivity index (χ3v) is 6.16. The van der Waals surface area contributed by atoms with Crippen molar-refractivity contribution >= 4 is 43.0 Å². The Morgan fingerprint density at radius 3 is 2.71 bits per heavy atom. The number of methoxy groups -OCH3 is 1. The zero-order valence-corrected chi connectivity index (χ0v) is 14.0. The number of nitrogens with one attached hydrogen (secondary N) is 1. The highest BCUT2D eigenvalue weighted by Crippen LogP contribution is 2.34. The molecule has 0 aliphatic carbocycles. The second-order valence-electron chi connectivity index (χ2n) is 3.96. The van der Waals surface area contributed by atoms with E-state index in [1.54, 1.807) is 0 Å². The first-order valence-corrected chi connectivity index (χ1v) is 8.72. The van der Waals surface area contributed by atoms with Crippen LogP contribution < -0.4 is 9.46 Å². The lowest BCUT2D eigenvalue weighted by molar-refractivity contribution is 0.285. The molecule has 1 heterocycles. The van der Waals surface area contributed by atoms with Crippen molar-refractivity contribution in [1.82, 2.24) is 0 Å². The fourth-order valence-electron chi connectivity index (χ4n) is 1.61. The van der Waals surface area contributed by atoms with E-state index in [4.69, 9.17) is 9.84 Å². The largest absolute Gasteiger partial charge is 0.494 e. The van der Waals surface area contributed by atoms with E-state index in [9.17, 15) is 12.8 Å². The third kappa shape index (κ3) is 3.54. The predicted octanol–water partition coefficient (Wildman–Crippen LogP) is 2.95. The molecule has 0 aliphatic rings. The summed E-state index contributed by atoms with van der Waals surface area (Å²) >= 11 is 4.27. The summed E-state index contributed by atoms with van der Waals surface area (Å²) in [7, 11) is -2.56. The minimum absolute atomic E-state index is 0.00271. The van der Waals surface area contributed by atoms with Gasteiger partial charge in [-0.1, -0.05) is 0 Å². The molecule has 2 aromatic rings. The molecule has 0 saturated heterocycles. The smallest absolute Gasteiger partial charge is 0.264 e. The number of thiophene rings is 1. The molecule has 5 nitrogen and oxygen atoms in total. The monoisotopic (exact) mass is 395 g/mol. The number of sulfonamides is 1. The molecule has 0 amide bonds. The molecular weight excluding hydrogens is 385 g/mol. The van der Waals surface area contributed by atoms with Crippen molar-refractivity contribution < 1.29 is 22.7 Å². The lowest BCUT2D eigenvalue weighted by Gasteiger charge is -2.11. The molecule has 0 atom stereocenters. The number of aliphatic hydroxyl groups is 1. The van der Waals surface area contributed by atoms with Gasteiger partial charge in [0.2, 0.25) is 0 Å². The maximum absolute atomic E-state index is 13.1. The van der Waals surface area contributed by atoms with Gasteiger partial charge in [-0.15, -0.1) is 11.3 Å². The average Bonchev–Trinajstić information content (AvgIpc) is 2.82. The molecule has 2 rings (SSSR count). The summed E-state index contributed by atoms with van der Waals surface area (Å²) in [6.07, 6.45) is 0. The van der Waals surface area contributed by atoms with Gasteiger partial charge in [0.1, 0.15) is 16.5 Å². The van der Waals surface area contributed by atoms with Crippen LogP contribution in [0.25, 0.3) is 0 Å². The first-order valence-electron chi connectivity index (χ1n) is 5.63. The first-order chi connectivity index (χ1) is 9.87. The van der Waals surface area contributed by atoms with Gasteiger partial charge in [0.25, 0.3) is 10.0 Å². The number of halogens is 2. The van der Waals surface area contributed by atoms with E-state index in [0.29, 0.717) is 8.66 Å². The molecule has 0 fully saturated rings. The minimum atomic E-state index is -3.88. The molecule has 0 unspecified atom stereocenters. The molecule has 1 aromatic carbocycles. The zero-order valence-electron chi connectivity index (χ0n) is 10.8. The van der Waals surface area contributed by atoms with Crippen molar-refractivity contribution in [3.63, 3.8) is 0 Å². The molecule has 0 radical (unpaired) electrons. The number of rotatable bonds is 5. The molecular formula is C12H11BrFNO4S2. The minimum Gasteiger partial charge on any atom is -0.494 e. The van der Waals surface area contributed by atoms with E-state index >= 15 is 0 Å². The third-order valence-electron chi connectivity index (χ3n) is 2.56. The number of hydrogen-bond donors (Lipinski definition) is 2. The second-order valence-corrected chi connectivity index (χ2v) is 8.06. The Morgan fingerprint density at radius 1 is 1.43 bits per heavy atom. The summed E-state index contributed by atoms with van der Waals surface area (Å²) in [5, 5.41) is 9.06. The van der Waals surface area contributed by atoms with E-state index in [0.717, 1.165) is 23.5 Å². The number of anilines is 1. The van der Waals surface area contributed by atoms with Crippen LogP contribution in [0.3, 0.4) is 0 Å². The maximum Gasteiger partial charge on any atom is 0.264 e. The molecule has 0 saturated carbocycles. The predicted molar refractivity (Wildman–Crippen MR) is 81.7 cm³/mol. The number of ether oxygens (including phenoxy) is 1. The number of benzene rings is 1. The van der Waals surface area contributed by atoms with Crippen molar-refractivity contribution in [3.8, 4) is 5.75 Å². The normalized spacial score (nSPS) is 11.4. The van der Waals surface area contributed by atoms with E-state index in [-0.39, 0.29) is 22.9 Å². The molecule has 2 N–H and O–H groups in total. The van der Waals surface area contributed by atoms with Crippen LogP contribution in [0.2, 0.25) is 0 Å². The van der Waals surface area contributed by atoms with E-state index in [2.05, 4.69) is 20.7 Å². The lowest BCUT2D eigenvalue weighted by atomic mass is 10.3. The van der Waals surface area contributed by atoms with Crippen molar-refractivity contribution in [3.05, 3.63) is 38.7 Å².